The Morgan fingerprint density at radius 2 is 2.04 bits per heavy atom. The first-order valence-corrected chi connectivity index (χ1v) is 7.69. The SMILES string of the molecule is CCCCNC(=O)c1cc(Nc2cccc(C(=O)OC)c2)ncn1. The quantitative estimate of drug-likeness (QED) is 0.599. The molecule has 1 aromatic carbocycles. The number of carbonyl (C=O) groups is 2. The second kappa shape index (κ2) is 8.61. The summed E-state index contributed by atoms with van der Waals surface area (Å²) >= 11 is 0. The van der Waals surface area contributed by atoms with Gasteiger partial charge in [-0.2, -0.15) is 0 Å². The molecule has 2 rings (SSSR count). The Labute approximate surface area is 140 Å². The average molecular weight is 328 g/mol. The van der Waals surface area contributed by atoms with E-state index in [1.54, 1.807) is 30.3 Å². The number of benzene rings is 1. The predicted octanol–water partition coefficient (Wildman–Crippen LogP) is 2.54. The summed E-state index contributed by atoms with van der Waals surface area (Å²) in [5.41, 5.74) is 1.37. The van der Waals surface area contributed by atoms with E-state index < -0.39 is 5.97 Å². The van der Waals surface area contributed by atoms with E-state index in [1.165, 1.54) is 13.4 Å². The summed E-state index contributed by atoms with van der Waals surface area (Å²) in [5.74, 6) is -0.192. The molecule has 7 nitrogen and oxygen atoms in total. The van der Waals surface area contributed by atoms with Crippen molar-refractivity contribution in [2.75, 3.05) is 19.0 Å². The van der Waals surface area contributed by atoms with Crippen LogP contribution in [0.25, 0.3) is 0 Å². The molecule has 0 radical (unpaired) electrons. The van der Waals surface area contributed by atoms with Crippen LogP contribution in [-0.2, 0) is 4.74 Å². The molecule has 0 atom stereocenters. The van der Waals surface area contributed by atoms with Crippen LogP contribution in [0.2, 0.25) is 0 Å². The highest BCUT2D eigenvalue weighted by molar-refractivity contribution is 5.93. The van der Waals surface area contributed by atoms with Gasteiger partial charge in [0.1, 0.15) is 17.8 Å². The first-order chi connectivity index (χ1) is 11.6. The van der Waals surface area contributed by atoms with Crippen molar-refractivity contribution in [3.05, 3.63) is 47.9 Å². The minimum absolute atomic E-state index is 0.239. The Morgan fingerprint density at radius 3 is 2.79 bits per heavy atom. The monoisotopic (exact) mass is 328 g/mol. The number of esters is 1. The zero-order chi connectivity index (χ0) is 17.4. The fraction of sp³-hybridized carbons (Fsp3) is 0.294. The zero-order valence-corrected chi connectivity index (χ0v) is 13.7. The molecular weight excluding hydrogens is 308 g/mol. The van der Waals surface area contributed by atoms with E-state index >= 15 is 0 Å². The van der Waals surface area contributed by atoms with Crippen LogP contribution in [0.3, 0.4) is 0 Å². The Bertz CT molecular complexity index is 718. The number of nitrogens with zero attached hydrogens (tertiary/aromatic N) is 2. The largest absolute Gasteiger partial charge is 0.465 e. The van der Waals surface area contributed by atoms with Crippen LogP contribution in [0.4, 0.5) is 11.5 Å². The van der Waals surface area contributed by atoms with E-state index in [9.17, 15) is 9.59 Å². The second-order valence-corrected chi connectivity index (χ2v) is 5.10. The molecule has 2 N–H and O–H groups in total. The Kier molecular flexibility index (Phi) is 6.24. The smallest absolute Gasteiger partial charge is 0.337 e. The van der Waals surface area contributed by atoms with E-state index in [0.29, 0.717) is 23.6 Å². The maximum atomic E-state index is 12.0. The number of hydrogen-bond acceptors (Lipinski definition) is 6. The van der Waals surface area contributed by atoms with Crippen LogP contribution in [0.1, 0.15) is 40.6 Å². The van der Waals surface area contributed by atoms with Gasteiger partial charge in [0.2, 0.25) is 0 Å². The van der Waals surface area contributed by atoms with Crippen LogP contribution >= 0.6 is 0 Å². The first kappa shape index (κ1) is 17.4. The van der Waals surface area contributed by atoms with Gasteiger partial charge in [0.15, 0.2) is 0 Å². The molecule has 0 saturated heterocycles. The Morgan fingerprint density at radius 1 is 1.21 bits per heavy atom. The summed E-state index contributed by atoms with van der Waals surface area (Å²) in [4.78, 5) is 31.6. The number of aromatic nitrogens is 2. The highest BCUT2D eigenvalue weighted by Gasteiger charge is 2.09. The van der Waals surface area contributed by atoms with Crippen LogP contribution in [-0.4, -0.2) is 35.5 Å². The lowest BCUT2D eigenvalue weighted by molar-refractivity contribution is 0.0600. The molecule has 0 aliphatic heterocycles. The highest BCUT2D eigenvalue weighted by Crippen LogP contribution is 2.16. The van der Waals surface area contributed by atoms with Crippen molar-refractivity contribution < 1.29 is 14.3 Å². The molecule has 24 heavy (non-hydrogen) atoms. The van der Waals surface area contributed by atoms with E-state index in [0.717, 1.165) is 12.8 Å². The fourth-order valence-electron chi connectivity index (χ4n) is 2.01. The number of hydrogen-bond donors (Lipinski definition) is 2. The van der Waals surface area contributed by atoms with Crippen LogP contribution in [0, 0.1) is 0 Å². The topological polar surface area (TPSA) is 93.2 Å². The predicted molar refractivity (Wildman–Crippen MR) is 90.3 cm³/mol. The van der Waals surface area contributed by atoms with E-state index in [4.69, 9.17) is 4.74 Å². The van der Waals surface area contributed by atoms with Crippen molar-refractivity contribution in [3.63, 3.8) is 0 Å². The van der Waals surface area contributed by atoms with Gasteiger partial charge < -0.3 is 15.4 Å². The average Bonchev–Trinajstić information content (AvgIpc) is 2.61. The van der Waals surface area contributed by atoms with Gasteiger partial charge in [-0.15, -0.1) is 0 Å². The van der Waals surface area contributed by atoms with Gasteiger partial charge in [-0.25, -0.2) is 14.8 Å². The first-order valence-electron chi connectivity index (χ1n) is 7.69. The Balaban J connectivity index is 2.09. The summed E-state index contributed by atoms with van der Waals surface area (Å²) in [7, 11) is 1.33. The molecule has 0 aliphatic carbocycles. The molecular formula is C17H20N4O3. The number of methoxy groups -OCH3 is 1. The third-order valence-corrected chi connectivity index (χ3v) is 3.27. The molecule has 1 aromatic heterocycles. The van der Waals surface area contributed by atoms with Gasteiger partial charge in [-0.3, -0.25) is 4.79 Å². The van der Waals surface area contributed by atoms with Gasteiger partial charge in [0, 0.05) is 18.3 Å². The van der Waals surface area contributed by atoms with Gasteiger partial charge in [0.05, 0.1) is 12.7 Å². The number of carbonyl (C=O) groups excluding carboxylic acids is 2. The number of rotatable bonds is 7. The van der Waals surface area contributed by atoms with Gasteiger partial charge >= 0.3 is 5.97 Å². The van der Waals surface area contributed by atoms with Crippen LogP contribution in [0.15, 0.2) is 36.7 Å². The molecule has 0 unspecified atom stereocenters. The molecule has 0 spiro atoms. The molecule has 2 aromatic rings. The number of nitrogens with one attached hydrogen (secondary N) is 2. The van der Waals surface area contributed by atoms with Gasteiger partial charge in [-0.05, 0) is 24.6 Å². The summed E-state index contributed by atoms with van der Waals surface area (Å²) < 4.78 is 4.69. The van der Waals surface area contributed by atoms with E-state index in [1.807, 2.05) is 0 Å². The van der Waals surface area contributed by atoms with Crippen molar-refractivity contribution in [3.8, 4) is 0 Å². The van der Waals surface area contributed by atoms with Crippen molar-refractivity contribution in [2.24, 2.45) is 0 Å². The lowest BCUT2D eigenvalue weighted by Gasteiger charge is -2.08. The van der Waals surface area contributed by atoms with Crippen LogP contribution in [0.5, 0.6) is 0 Å². The fourth-order valence-corrected chi connectivity index (χ4v) is 2.01. The van der Waals surface area contributed by atoms with Crippen molar-refractivity contribution in [1.29, 1.82) is 0 Å². The number of amides is 1. The maximum Gasteiger partial charge on any atom is 0.337 e. The van der Waals surface area contributed by atoms with Crippen molar-refractivity contribution in [1.82, 2.24) is 15.3 Å². The highest BCUT2D eigenvalue weighted by atomic mass is 16.5. The van der Waals surface area contributed by atoms with Crippen LogP contribution < -0.4 is 10.6 Å². The summed E-state index contributed by atoms with van der Waals surface area (Å²) in [6.45, 7) is 2.67. The molecule has 0 aliphatic rings. The minimum Gasteiger partial charge on any atom is -0.465 e. The Hall–Kier alpha value is -2.96. The lowest BCUT2D eigenvalue weighted by Crippen LogP contribution is -2.25. The molecule has 0 bridgehead atoms. The standard InChI is InChI=1S/C17H20N4O3/c1-3-4-8-18-16(22)14-10-15(20-11-19-14)21-13-7-5-6-12(9-13)17(23)24-2/h5-7,9-11H,3-4,8H2,1-2H3,(H,18,22)(H,19,20,21). The normalized spacial score (nSPS) is 10.1. The molecule has 0 saturated carbocycles. The second-order valence-electron chi connectivity index (χ2n) is 5.10. The molecule has 7 heteroatoms. The third-order valence-electron chi connectivity index (χ3n) is 3.27. The lowest BCUT2D eigenvalue weighted by atomic mass is 10.2. The molecule has 126 valence electrons. The maximum absolute atomic E-state index is 12.0. The summed E-state index contributed by atoms with van der Waals surface area (Å²) in [6, 6.07) is 8.38. The summed E-state index contributed by atoms with van der Waals surface area (Å²) in [5, 5.41) is 5.85. The van der Waals surface area contributed by atoms with Crippen molar-refractivity contribution in [2.45, 2.75) is 19.8 Å². The molecule has 1 amide bonds. The molecule has 0 fully saturated rings. The van der Waals surface area contributed by atoms with Gasteiger partial charge in [-0.1, -0.05) is 19.4 Å². The number of unbranched alkanes of at least 4 members (excludes halogenated alkanes) is 1. The number of ether oxygens (including phenoxy) is 1. The number of anilines is 2. The van der Waals surface area contributed by atoms with Crippen molar-refractivity contribution >= 4 is 23.4 Å². The third kappa shape index (κ3) is 4.77. The van der Waals surface area contributed by atoms with E-state index in [-0.39, 0.29) is 11.6 Å². The molecule has 1 heterocycles. The zero-order valence-electron chi connectivity index (χ0n) is 13.7. The van der Waals surface area contributed by atoms with E-state index in [2.05, 4.69) is 27.5 Å². The van der Waals surface area contributed by atoms with Gasteiger partial charge in [0.25, 0.3) is 5.91 Å². The minimum atomic E-state index is -0.419. The summed E-state index contributed by atoms with van der Waals surface area (Å²) in [6.07, 6.45) is 3.25.